The highest BCUT2D eigenvalue weighted by Crippen LogP contribution is 2.60. The molecule has 3 N–H and O–H groups in total. The van der Waals surface area contributed by atoms with E-state index in [4.69, 9.17) is 9.47 Å². The Labute approximate surface area is 294 Å². The number of piperazine rings is 2. The molecule has 0 unspecified atom stereocenters. The molecule has 3 aromatic rings. The van der Waals surface area contributed by atoms with Gasteiger partial charge in [-0.1, -0.05) is 49.5 Å². The van der Waals surface area contributed by atoms with Crippen LogP contribution < -0.4 is 35.3 Å². The number of fused-ring (bicyclic) bond motifs is 2. The molecule has 3 amide bonds. The van der Waals surface area contributed by atoms with E-state index in [0.717, 1.165) is 40.5 Å². The van der Waals surface area contributed by atoms with E-state index in [1.807, 2.05) is 59.5 Å². The van der Waals surface area contributed by atoms with Gasteiger partial charge in [-0.15, -0.1) is 0 Å². The predicted octanol–water partition coefficient (Wildman–Crippen LogP) is 2.71. The predicted molar refractivity (Wildman–Crippen MR) is 196 cm³/mol. The summed E-state index contributed by atoms with van der Waals surface area (Å²) in [5.41, 5.74) is 2.65. The van der Waals surface area contributed by atoms with Crippen LogP contribution in [0.4, 0.5) is 17.1 Å². The summed E-state index contributed by atoms with van der Waals surface area (Å²) in [6.45, 7) is 10.1. The number of nitrogens with zero attached hydrogens (tertiary/aromatic N) is 3. The van der Waals surface area contributed by atoms with Crippen molar-refractivity contribution >= 4 is 48.0 Å². The Morgan fingerprint density at radius 2 is 1.58 bits per heavy atom. The van der Waals surface area contributed by atoms with Crippen molar-refractivity contribution in [2.24, 2.45) is 5.92 Å². The van der Waals surface area contributed by atoms with E-state index < -0.39 is 13.7 Å². The molecular formula is C38H47N5O6Si. The third-order valence-corrected chi connectivity index (χ3v) is 15.6. The van der Waals surface area contributed by atoms with Crippen LogP contribution in [0.15, 0.2) is 66.7 Å². The second-order valence-electron chi connectivity index (χ2n) is 14.4. The Morgan fingerprint density at radius 3 is 2.20 bits per heavy atom. The smallest absolute Gasteiger partial charge is 0.264 e. The standard InChI is InChI=1S/C38H47N5O6Si/c1-25-36(50(3,4)30-11-9-29(48-2)10-12-30)33(14-19-44)49-38(25)31-21-28(42-18-16-40-23-35(42)46)8-13-32(31)43(37(38)47)24-26-6-5-7-27(20-26)41-17-15-39-22-34(41)45/h5-13,20-21,25,33,36,39-40,44H,14-19,22-24H2,1-4H3/t25-,33+,36-,38+/m0/s1. The van der Waals surface area contributed by atoms with Crippen LogP contribution in [-0.2, 0) is 31.3 Å². The Kier molecular flexibility index (Phi) is 9.33. The molecule has 0 radical (unpaired) electrons. The first-order valence-electron chi connectivity index (χ1n) is 17.6. The van der Waals surface area contributed by atoms with Crippen molar-refractivity contribution in [3.05, 3.63) is 77.9 Å². The van der Waals surface area contributed by atoms with E-state index in [-0.39, 0.29) is 48.4 Å². The number of amides is 3. The first-order chi connectivity index (χ1) is 24.1. The van der Waals surface area contributed by atoms with Gasteiger partial charge in [0.1, 0.15) is 5.75 Å². The molecule has 3 fully saturated rings. The van der Waals surface area contributed by atoms with Crippen molar-refractivity contribution in [1.82, 2.24) is 10.6 Å². The van der Waals surface area contributed by atoms with Crippen LogP contribution >= 0.6 is 0 Å². The van der Waals surface area contributed by atoms with Gasteiger partial charge < -0.3 is 39.9 Å². The summed E-state index contributed by atoms with van der Waals surface area (Å²) >= 11 is 0. The van der Waals surface area contributed by atoms with Gasteiger partial charge in [0.05, 0.1) is 46.6 Å². The number of anilines is 3. The van der Waals surface area contributed by atoms with Gasteiger partial charge in [0, 0.05) is 55.6 Å². The van der Waals surface area contributed by atoms with E-state index >= 15 is 4.79 Å². The highest BCUT2D eigenvalue weighted by molar-refractivity contribution is 6.91. The number of aliphatic hydroxyl groups excluding tert-OH is 1. The van der Waals surface area contributed by atoms with Gasteiger partial charge in [0.25, 0.3) is 5.91 Å². The van der Waals surface area contributed by atoms with Crippen LogP contribution in [0.25, 0.3) is 0 Å². The van der Waals surface area contributed by atoms with Gasteiger partial charge in [0.2, 0.25) is 11.8 Å². The highest BCUT2D eigenvalue weighted by atomic mass is 28.3. The Morgan fingerprint density at radius 1 is 0.920 bits per heavy atom. The van der Waals surface area contributed by atoms with Crippen LogP contribution in [0.3, 0.4) is 0 Å². The van der Waals surface area contributed by atoms with Crippen molar-refractivity contribution in [1.29, 1.82) is 0 Å². The molecule has 0 aromatic heterocycles. The summed E-state index contributed by atoms with van der Waals surface area (Å²) < 4.78 is 12.6. The SMILES string of the molecule is COc1ccc([Si](C)(C)[C@@H]2[C@@H](CCO)O[C@]3(C(=O)N(Cc4cccc(N5CCNCC5=O)c4)c4ccc(N5CCNCC5=O)cc43)[C@H]2C)cc1. The molecule has 11 nitrogen and oxygen atoms in total. The fourth-order valence-electron chi connectivity index (χ4n) is 8.79. The number of rotatable bonds is 9. The number of benzene rings is 3. The monoisotopic (exact) mass is 697 g/mol. The third-order valence-electron chi connectivity index (χ3n) is 11.3. The number of hydrogen-bond donors (Lipinski definition) is 3. The average molecular weight is 698 g/mol. The summed E-state index contributed by atoms with van der Waals surface area (Å²) in [5.74, 6) is 0.404. The number of aliphatic hydroxyl groups is 1. The van der Waals surface area contributed by atoms with Gasteiger partial charge in [-0.3, -0.25) is 14.4 Å². The van der Waals surface area contributed by atoms with Gasteiger partial charge in [0.15, 0.2) is 5.60 Å². The number of ether oxygens (including phenoxy) is 2. The summed E-state index contributed by atoms with van der Waals surface area (Å²) in [6.07, 6.45) is 0.0462. The molecule has 4 heterocycles. The van der Waals surface area contributed by atoms with Gasteiger partial charge in [-0.25, -0.2) is 0 Å². The van der Waals surface area contributed by atoms with Crippen LogP contribution in [0.5, 0.6) is 5.75 Å². The minimum atomic E-state index is -2.35. The van der Waals surface area contributed by atoms with Crippen LogP contribution in [0.2, 0.25) is 18.6 Å². The lowest BCUT2D eigenvalue weighted by molar-refractivity contribution is -0.146. The second kappa shape index (κ2) is 13.6. The zero-order valence-corrected chi connectivity index (χ0v) is 30.3. The first kappa shape index (κ1) is 34.4. The lowest BCUT2D eigenvalue weighted by atomic mass is 9.82. The van der Waals surface area contributed by atoms with Gasteiger partial charge >= 0.3 is 0 Å². The van der Waals surface area contributed by atoms with E-state index in [9.17, 15) is 14.7 Å². The van der Waals surface area contributed by atoms with Crippen LogP contribution in [0, 0.1) is 5.92 Å². The number of carbonyl (C=O) groups excluding carboxylic acids is 3. The highest BCUT2D eigenvalue weighted by Gasteiger charge is 2.66. The van der Waals surface area contributed by atoms with E-state index in [2.05, 4.69) is 42.8 Å². The molecule has 4 atom stereocenters. The molecular weight excluding hydrogens is 651 g/mol. The molecule has 3 aromatic carbocycles. The van der Waals surface area contributed by atoms with Crippen molar-refractivity contribution in [3.8, 4) is 5.75 Å². The molecule has 0 bridgehead atoms. The molecule has 0 saturated carbocycles. The fraction of sp³-hybridized carbons (Fsp3) is 0.447. The Hall–Kier alpha value is -4.07. The summed E-state index contributed by atoms with van der Waals surface area (Å²) in [5, 5.41) is 17.8. The minimum Gasteiger partial charge on any atom is -0.497 e. The van der Waals surface area contributed by atoms with E-state index in [1.165, 1.54) is 5.19 Å². The van der Waals surface area contributed by atoms with Gasteiger partial charge in [-0.05, 0) is 60.0 Å². The number of methoxy groups -OCH3 is 1. The lowest BCUT2D eigenvalue weighted by Gasteiger charge is -2.37. The van der Waals surface area contributed by atoms with E-state index in [1.54, 1.807) is 16.9 Å². The lowest BCUT2D eigenvalue weighted by Crippen LogP contribution is -2.52. The number of nitrogens with one attached hydrogen (secondary N) is 2. The number of carbonyl (C=O) groups is 3. The normalized spacial score (nSPS) is 25.5. The first-order valence-corrected chi connectivity index (χ1v) is 20.7. The van der Waals surface area contributed by atoms with Crippen molar-refractivity contribution in [2.45, 2.75) is 50.2 Å². The molecule has 1 spiro atoms. The van der Waals surface area contributed by atoms with Crippen molar-refractivity contribution in [3.63, 3.8) is 0 Å². The molecule has 4 aliphatic heterocycles. The molecule has 7 rings (SSSR count). The largest absolute Gasteiger partial charge is 0.497 e. The third kappa shape index (κ3) is 5.72. The number of hydrogen-bond acceptors (Lipinski definition) is 8. The average Bonchev–Trinajstić information content (AvgIpc) is 3.55. The Balaban J connectivity index is 1.31. The zero-order valence-electron chi connectivity index (χ0n) is 29.3. The van der Waals surface area contributed by atoms with E-state index in [0.29, 0.717) is 39.1 Å². The zero-order chi connectivity index (χ0) is 35.2. The second-order valence-corrected chi connectivity index (χ2v) is 19.1. The molecule has 264 valence electrons. The molecule has 4 aliphatic rings. The topological polar surface area (TPSA) is 124 Å². The van der Waals surface area contributed by atoms with Crippen LogP contribution in [0.1, 0.15) is 24.5 Å². The van der Waals surface area contributed by atoms with Crippen molar-refractivity contribution < 1.29 is 29.0 Å². The summed E-state index contributed by atoms with van der Waals surface area (Å²) in [6, 6.07) is 21.9. The van der Waals surface area contributed by atoms with Gasteiger partial charge in [-0.2, -0.15) is 0 Å². The molecule has 0 aliphatic carbocycles. The fourth-order valence-corrected chi connectivity index (χ4v) is 12.8. The molecule has 3 saturated heterocycles. The van der Waals surface area contributed by atoms with Crippen LogP contribution in [-0.4, -0.2) is 90.0 Å². The molecule has 50 heavy (non-hydrogen) atoms. The minimum absolute atomic E-state index is 0.00804. The molecule has 12 heteroatoms. The maximum Gasteiger partial charge on any atom is 0.264 e. The summed E-state index contributed by atoms with van der Waals surface area (Å²) in [4.78, 5) is 46.4. The quantitative estimate of drug-likeness (QED) is 0.292. The maximum atomic E-state index is 15.2. The van der Waals surface area contributed by atoms with Crippen molar-refractivity contribution in [2.75, 3.05) is 67.7 Å². The summed E-state index contributed by atoms with van der Waals surface area (Å²) in [7, 11) is -0.698. The maximum absolute atomic E-state index is 15.2. The Bertz CT molecular complexity index is 1790.